The predicted octanol–water partition coefficient (Wildman–Crippen LogP) is 12.8. The third-order valence-corrected chi connectivity index (χ3v) is 8.03. The molecule has 0 amide bonds. The van der Waals surface area contributed by atoms with Gasteiger partial charge in [-0.2, -0.15) is 0 Å². The lowest BCUT2D eigenvalue weighted by Gasteiger charge is -2.17. The summed E-state index contributed by atoms with van der Waals surface area (Å²) < 4.78 is 5.84. The van der Waals surface area contributed by atoms with E-state index in [0.717, 1.165) is 89.9 Å². The highest BCUT2D eigenvalue weighted by Crippen LogP contribution is 2.17. The Morgan fingerprint density at radius 1 is 0.500 bits per heavy atom. The van der Waals surface area contributed by atoms with Crippen LogP contribution in [0.1, 0.15) is 187 Å². The number of carbonyl (C=O) groups is 2. The quantitative estimate of drug-likeness (QED) is 0.0454. The summed E-state index contributed by atoms with van der Waals surface area (Å²) in [7, 11) is 0. The molecule has 0 aliphatic carbocycles. The molecule has 0 bridgehead atoms. The van der Waals surface area contributed by atoms with Gasteiger partial charge in [-0.1, -0.05) is 146 Å². The molecule has 0 spiro atoms. The fourth-order valence-corrected chi connectivity index (χ4v) is 5.34. The topological polar surface area (TPSA) is 63.6 Å². The van der Waals surface area contributed by atoms with Gasteiger partial charge in [0.15, 0.2) is 0 Å². The van der Waals surface area contributed by atoms with Crippen molar-refractivity contribution in [2.24, 2.45) is 0 Å². The Hall–Kier alpha value is -2.10. The molecule has 1 unspecified atom stereocenters. The van der Waals surface area contributed by atoms with Crippen molar-refractivity contribution in [2.75, 3.05) is 0 Å². The molecule has 0 saturated carbocycles. The second-order valence-corrected chi connectivity index (χ2v) is 12.4. The van der Waals surface area contributed by atoms with Crippen LogP contribution >= 0.6 is 0 Å². The second-order valence-electron chi connectivity index (χ2n) is 12.4. The molecule has 254 valence electrons. The Bertz CT molecular complexity index is 748. The van der Waals surface area contributed by atoms with Crippen LogP contribution in [0.5, 0.6) is 0 Å². The van der Waals surface area contributed by atoms with Gasteiger partial charge >= 0.3 is 11.9 Å². The van der Waals surface area contributed by atoms with E-state index in [2.05, 4.69) is 62.5 Å². The number of allylic oxidation sites excluding steroid dienone is 8. The number of ether oxygens (including phenoxy) is 1. The molecule has 0 aliphatic heterocycles. The smallest absolute Gasteiger partial charge is 0.306 e. The molecular weight excluding hydrogens is 544 g/mol. The zero-order valence-electron chi connectivity index (χ0n) is 29.0. The fraction of sp³-hybridized carbons (Fsp3) is 0.750. The summed E-state index contributed by atoms with van der Waals surface area (Å²) in [4.78, 5) is 22.9. The first-order chi connectivity index (χ1) is 21.6. The highest BCUT2D eigenvalue weighted by Gasteiger charge is 2.13. The molecule has 0 aromatic rings. The van der Waals surface area contributed by atoms with Crippen molar-refractivity contribution in [2.45, 2.75) is 193 Å². The minimum absolute atomic E-state index is 0.0101. The minimum Gasteiger partial charge on any atom is -0.481 e. The summed E-state index contributed by atoms with van der Waals surface area (Å²) in [5.41, 5.74) is 0. The summed E-state index contributed by atoms with van der Waals surface area (Å²) in [6.07, 6.45) is 47.5. The van der Waals surface area contributed by atoms with Crippen molar-refractivity contribution in [1.82, 2.24) is 0 Å². The van der Waals surface area contributed by atoms with Crippen LogP contribution in [-0.2, 0) is 14.3 Å². The zero-order chi connectivity index (χ0) is 32.2. The SMILES string of the molecule is CCCCC/C=C\C/C=C\C/C=C\C/C=C\CCCCCC(=O)OC(CCC)CCCCCCCCCCCCCC(=O)O. The minimum atomic E-state index is -0.676. The number of carbonyl (C=O) groups excluding carboxylic acids is 1. The van der Waals surface area contributed by atoms with Gasteiger partial charge in [0.25, 0.3) is 0 Å². The maximum absolute atomic E-state index is 12.4. The maximum Gasteiger partial charge on any atom is 0.306 e. The molecule has 0 rings (SSSR count). The average Bonchev–Trinajstić information content (AvgIpc) is 3.00. The van der Waals surface area contributed by atoms with Gasteiger partial charge < -0.3 is 9.84 Å². The molecule has 0 aliphatic rings. The summed E-state index contributed by atoms with van der Waals surface area (Å²) in [6.45, 7) is 4.42. The summed E-state index contributed by atoms with van der Waals surface area (Å²) in [5.74, 6) is -0.686. The molecule has 0 saturated heterocycles. The number of hydrogen-bond donors (Lipinski definition) is 1. The number of aliphatic carboxylic acids is 1. The summed E-state index contributed by atoms with van der Waals surface area (Å²) in [5, 5.41) is 8.66. The monoisotopic (exact) mass is 615 g/mol. The van der Waals surface area contributed by atoms with Crippen molar-refractivity contribution in [3.63, 3.8) is 0 Å². The van der Waals surface area contributed by atoms with E-state index in [1.165, 1.54) is 70.6 Å². The van der Waals surface area contributed by atoms with Gasteiger partial charge in [-0.25, -0.2) is 0 Å². The first-order valence-electron chi connectivity index (χ1n) is 18.6. The van der Waals surface area contributed by atoms with Crippen molar-refractivity contribution < 1.29 is 19.4 Å². The van der Waals surface area contributed by atoms with Gasteiger partial charge in [0.05, 0.1) is 0 Å². The van der Waals surface area contributed by atoms with Crippen LogP contribution in [0.2, 0.25) is 0 Å². The van der Waals surface area contributed by atoms with Gasteiger partial charge in [-0.05, 0) is 77.0 Å². The van der Waals surface area contributed by atoms with E-state index < -0.39 is 5.97 Å². The lowest BCUT2D eigenvalue weighted by atomic mass is 10.0. The fourth-order valence-electron chi connectivity index (χ4n) is 5.34. The highest BCUT2D eigenvalue weighted by atomic mass is 16.5. The number of carboxylic acid groups (broad SMARTS) is 1. The van der Waals surface area contributed by atoms with Gasteiger partial charge in [-0.3, -0.25) is 9.59 Å². The van der Waals surface area contributed by atoms with Crippen molar-refractivity contribution in [3.8, 4) is 0 Å². The molecule has 1 N–H and O–H groups in total. The Morgan fingerprint density at radius 3 is 1.43 bits per heavy atom. The molecule has 0 aromatic heterocycles. The average molecular weight is 615 g/mol. The number of hydrogen-bond acceptors (Lipinski definition) is 3. The van der Waals surface area contributed by atoms with Crippen molar-refractivity contribution >= 4 is 11.9 Å². The Morgan fingerprint density at radius 2 is 0.932 bits per heavy atom. The van der Waals surface area contributed by atoms with Crippen molar-refractivity contribution in [3.05, 3.63) is 48.6 Å². The molecule has 0 heterocycles. The molecule has 0 fully saturated rings. The molecule has 1 atom stereocenters. The molecule has 44 heavy (non-hydrogen) atoms. The lowest BCUT2D eigenvalue weighted by Crippen LogP contribution is -2.18. The van der Waals surface area contributed by atoms with E-state index >= 15 is 0 Å². The lowest BCUT2D eigenvalue weighted by molar-refractivity contribution is -0.150. The Labute approximate surface area is 272 Å². The normalized spacial score (nSPS) is 12.8. The van der Waals surface area contributed by atoms with Gasteiger partial charge in [-0.15, -0.1) is 0 Å². The van der Waals surface area contributed by atoms with E-state index in [4.69, 9.17) is 9.84 Å². The van der Waals surface area contributed by atoms with Gasteiger partial charge in [0.1, 0.15) is 6.10 Å². The highest BCUT2D eigenvalue weighted by molar-refractivity contribution is 5.69. The molecule has 0 radical (unpaired) electrons. The largest absolute Gasteiger partial charge is 0.481 e. The first kappa shape index (κ1) is 41.9. The van der Waals surface area contributed by atoms with Crippen LogP contribution < -0.4 is 0 Å². The second kappa shape index (κ2) is 35.4. The standard InChI is InChI=1S/C40H70O4/c1-3-5-6-7-8-9-10-11-12-13-14-15-16-17-21-24-27-30-33-37-40(43)44-38(34-4-2)35-31-28-25-22-19-18-20-23-26-29-32-36-39(41)42/h8-9,11-12,14-15,17,21,38H,3-7,10,13,16,18-20,22-37H2,1-2H3,(H,41,42)/b9-8-,12-11-,15-14-,21-17-. The maximum atomic E-state index is 12.4. The number of esters is 1. The zero-order valence-corrected chi connectivity index (χ0v) is 29.0. The molecule has 0 aromatic carbocycles. The van der Waals surface area contributed by atoms with Crippen LogP contribution in [0, 0.1) is 0 Å². The van der Waals surface area contributed by atoms with E-state index in [9.17, 15) is 9.59 Å². The summed E-state index contributed by atoms with van der Waals surface area (Å²) >= 11 is 0. The third kappa shape index (κ3) is 34.4. The predicted molar refractivity (Wildman–Crippen MR) is 190 cm³/mol. The molecule has 4 heteroatoms. The van der Waals surface area contributed by atoms with Crippen LogP contribution in [0.3, 0.4) is 0 Å². The van der Waals surface area contributed by atoms with Crippen LogP contribution in [0.4, 0.5) is 0 Å². The van der Waals surface area contributed by atoms with Crippen molar-refractivity contribution in [1.29, 1.82) is 0 Å². The third-order valence-electron chi connectivity index (χ3n) is 8.03. The Kier molecular flexibility index (Phi) is 33.7. The number of carboxylic acids is 1. The van der Waals surface area contributed by atoms with Crippen LogP contribution in [0.15, 0.2) is 48.6 Å². The molecular formula is C40H70O4. The Balaban J connectivity index is 3.66. The number of rotatable bonds is 33. The summed E-state index contributed by atoms with van der Waals surface area (Å²) in [6, 6.07) is 0. The van der Waals surface area contributed by atoms with Crippen LogP contribution in [0.25, 0.3) is 0 Å². The van der Waals surface area contributed by atoms with E-state index in [1.54, 1.807) is 0 Å². The molecule has 4 nitrogen and oxygen atoms in total. The van der Waals surface area contributed by atoms with Crippen LogP contribution in [-0.4, -0.2) is 23.1 Å². The van der Waals surface area contributed by atoms with E-state index in [-0.39, 0.29) is 12.1 Å². The van der Waals surface area contributed by atoms with Gasteiger partial charge in [0.2, 0.25) is 0 Å². The van der Waals surface area contributed by atoms with E-state index in [0.29, 0.717) is 12.8 Å². The number of unbranched alkanes of at least 4 members (excludes halogenated alkanes) is 16. The first-order valence-corrected chi connectivity index (χ1v) is 18.6. The van der Waals surface area contributed by atoms with Gasteiger partial charge in [0, 0.05) is 12.8 Å². The van der Waals surface area contributed by atoms with E-state index in [1.807, 2.05) is 0 Å².